The average molecular weight is 898 g/mol. The molecule has 1 aromatic heterocycles. The molecule has 3 heterocycles. The summed E-state index contributed by atoms with van der Waals surface area (Å²) >= 11 is 0. The Morgan fingerprint density at radius 3 is 2.29 bits per heavy atom. The number of ether oxygens (including phenoxy) is 1. The molecular weight excluding hydrogens is 835 g/mol. The number of amides is 2. The van der Waals surface area contributed by atoms with Gasteiger partial charge >= 0.3 is 0 Å². The number of piperidine rings is 1. The molecule has 2 amide bonds. The van der Waals surface area contributed by atoms with Crippen molar-refractivity contribution in [3.8, 4) is 40.1 Å². The Labute approximate surface area is 387 Å². The number of nitrogens with zero attached hydrogens (tertiary/aromatic N) is 4. The first-order valence-corrected chi connectivity index (χ1v) is 22.9. The third-order valence-corrected chi connectivity index (χ3v) is 12.7. The number of nitrogens with two attached hydrogens (primary N) is 1. The van der Waals surface area contributed by atoms with Crippen molar-refractivity contribution in [2.75, 3.05) is 26.7 Å². The Bertz CT molecular complexity index is 2480. The fourth-order valence-electron chi connectivity index (χ4n) is 8.95. The number of nitrogens with one attached hydrogen (secondary N) is 2. The molecule has 66 heavy (non-hydrogen) atoms. The van der Waals surface area contributed by atoms with E-state index in [0.29, 0.717) is 50.8 Å². The van der Waals surface area contributed by atoms with E-state index in [1.165, 1.54) is 23.6 Å². The van der Waals surface area contributed by atoms with Crippen LogP contribution in [0.2, 0.25) is 0 Å². The van der Waals surface area contributed by atoms with Crippen LogP contribution in [0.15, 0.2) is 60.7 Å². The molecule has 0 aliphatic carbocycles. The predicted molar refractivity (Wildman–Crippen MR) is 252 cm³/mol. The largest absolute Gasteiger partial charge is 0.507 e. The molecule has 14 nitrogen and oxygen atoms in total. The molecule has 0 spiro atoms. The summed E-state index contributed by atoms with van der Waals surface area (Å²) in [5.41, 5.74) is 11.2. The minimum Gasteiger partial charge on any atom is -0.507 e. The topological polar surface area (TPSA) is 218 Å². The summed E-state index contributed by atoms with van der Waals surface area (Å²) in [5.74, 6) is -3.16. The molecule has 14 heteroatoms. The number of likely N-dealkylation sites (N-methyl/N-ethyl adjacent to an activating group) is 1. The highest BCUT2D eigenvalue weighted by molar-refractivity contribution is 6.01. The third-order valence-electron chi connectivity index (χ3n) is 12.7. The second kappa shape index (κ2) is 21.3. The predicted octanol–water partition coefficient (Wildman–Crippen LogP) is 6.81. The maximum Gasteiger partial charge on any atom is 0.226 e. The summed E-state index contributed by atoms with van der Waals surface area (Å²) in [6, 6.07) is 17.9. The fraction of sp³-hybridized carbons (Fsp3) is 0.462. The number of phenolic OH excluding ortho intramolecular Hbond substituents is 1. The van der Waals surface area contributed by atoms with Crippen LogP contribution in [0.5, 0.6) is 11.5 Å². The first kappa shape index (κ1) is 49.1. The van der Waals surface area contributed by atoms with Crippen molar-refractivity contribution in [3.63, 3.8) is 0 Å². The second-order valence-corrected chi connectivity index (χ2v) is 18.8. The van der Waals surface area contributed by atoms with Gasteiger partial charge in [-0.05, 0) is 106 Å². The van der Waals surface area contributed by atoms with Crippen LogP contribution in [0.1, 0.15) is 117 Å². The molecule has 0 unspecified atom stereocenters. The molecule has 2 aliphatic rings. The molecule has 4 aromatic rings. The van der Waals surface area contributed by atoms with Gasteiger partial charge in [-0.3, -0.25) is 24.0 Å². The zero-order chi connectivity index (χ0) is 47.9. The number of fused-ring (bicyclic) bond motifs is 5. The summed E-state index contributed by atoms with van der Waals surface area (Å²) in [5, 5.41) is 26.8. The molecule has 3 aromatic carbocycles. The number of phenols is 1. The lowest BCUT2D eigenvalue weighted by Gasteiger charge is -2.32. The van der Waals surface area contributed by atoms with E-state index in [2.05, 4.69) is 31.4 Å². The fourth-order valence-corrected chi connectivity index (χ4v) is 8.95. The van der Waals surface area contributed by atoms with E-state index in [1.807, 2.05) is 30.3 Å². The Morgan fingerprint density at radius 1 is 0.970 bits per heavy atom. The van der Waals surface area contributed by atoms with Crippen LogP contribution >= 0.6 is 0 Å². The molecule has 1 fully saturated rings. The average Bonchev–Trinajstić information content (AvgIpc) is 3.28. The number of hydrogen-bond acceptors (Lipinski definition) is 12. The van der Waals surface area contributed by atoms with E-state index in [4.69, 9.17) is 20.4 Å². The van der Waals surface area contributed by atoms with Gasteiger partial charge in [-0.15, -0.1) is 0 Å². The maximum atomic E-state index is 14.8. The number of rotatable bonds is 13. The van der Waals surface area contributed by atoms with Gasteiger partial charge in [-0.25, -0.2) is 9.97 Å². The van der Waals surface area contributed by atoms with Crippen molar-refractivity contribution < 1.29 is 33.8 Å². The highest BCUT2D eigenvalue weighted by Gasteiger charge is 2.37. The van der Waals surface area contributed by atoms with Gasteiger partial charge in [0.25, 0.3) is 0 Å². The van der Waals surface area contributed by atoms with E-state index >= 15 is 0 Å². The Hall–Kier alpha value is -6.30. The second-order valence-electron chi connectivity index (χ2n) is 18.8. The first-order valence-electron chi connectivity index (χ1n) is 22.9. The number of ketones is 3. The van der Waals surface area contributed by atoms with Gasteiger partial charge in [0.1, 0.15) is 23.6 Å². The summed E-state index contributed by atoms with van der Waals surface area (Å²) in [6.45, 7) is 13.1. The quantitative estimate of drug-likeness (QED) is 0.102. The summed E-state index contributed by atoms with van der Waals surface area (Å²) in [6.07, 6.45) is 0.952. The van der Waals surface area contributed by atoms with Gasteiger partial charge < -0.3 is 31.1 Å². The van der Waals surface area contributed by atoms with Crippen molar-refractivity contribution in [3.05, 3.63) is 94.3 Å². The van der Waals surface area contributed by atoms with E-state index in [9.17, 15) is 34.3 Å². The molecule has 2 aliphatic heterocycles. The lowest BCUT2D eigenvalue weighted by atomic mass is 9.86. The molecule has 0 radical (unpaired) electrons. The molecule has 4 bridgehead atoms. The van der Waals surface area contributed by atoms with Crippen molar-refractivity contribution in [1.82, 2.24) is 25.5 Å². The van der Waals surface area contributed by atoms with Crippen LogP contribution in [-0.4, -0.2) is 88.0 Å². The molecule has 0 saturated carbocycles. The molecule has 348 valence electrons. The Kier molecular flexibility index (Phi) is 15.9. The van der Waals surface area contributed by atoms with Gasteiger partial charge in [0.15, 0.2) is 23.2 Å². The van der Waals surface area contributed by atoms with Gasteiger partial charge in [0, 0.05) is 61.3 Å². The molecule has 1 saturated heterocycles. The number of nitriles is 1. The molecular formula is C52H63N7O7. The number of hydrogen-bond donors (Lipinski definition) is 4. The van der Waals surface area contributed by atoms with Crippen molar-refractivity contribution in [1.29, 1.82) is 5.26 Å². The molecule has 5 N–H and O–H groups in total. The van der Waals surface area contributed by atoms with E-state index in [-0.39, 0.29) is 73.9 Å². The van der Waals surface area contributed by atoms with Gasteiger partial charge in [0.2, 0.25) is 11.8 Å². The Balaban J connectivity index is 1.38. The zero-order valence-electron chi connectivity index (χ0n) is 39.2. The minimum atomic E-state index is -1.24. The number of aromatic hydroxyl groups is 1. The van der Waals surface area contributed by atoms with Crippen LogP contribution in [0, 0.1) is 37.0 Å². The number of aromatic nitrogens is 2. The van der Waals surface area contributed by atoms with Crippen LogP contribution in [0.4, 0.5) is 0 Å². The van der Waals surface area contributed by atoms with Crippen molar-refractivity contribution in [2.45, 2.75) is 117 Å². The Morgan fingerprint density at radius 2 is 1.65 bits per heavy atom. The van der Waals surface area contributed by atoms with Crippen molar-refractivity contribution in [2.24, 2.45) is 17.6 Å². The standard InChI is InChI=1S/C52H63N7O7/c1-30-25-45(63)48(59(7)51(65)36(18-22-54)29-44(62)47-31(2)56-49(57-32(47)3)34-11-14-37(15-12-34)52(4,5)6)35-13-17-46(66-38-19-23-55-24-20-38)40(28-35)39-26-33(10-16-42(39)60)27-41(58-50(30)64)43(61)9-8-21-53/h10-17,26,28,30,36,38,41,48,55,60H,8-9,18-20,22-25,27,29,54H2,1-7H3,(H,58,64)/t30-,36-,41+,48+/m1/s1. The SMILES string of the molecule is Cc1nc(-c2ccc(C(C)(C)C)cc2)nc(C)c1C(=O)C[C@@H](CCN)C(=O)N(C)[C@@H]1C(=O)C[C@@H](C)C(=O)N[C@H](C(=O)CCC#N)Cc2ccc(O)c(c2)-c2cc1ccc2OC1CCNCC1. The van der Waals surface area contributed by atoms with E-state index in [0.717, 1.165) is 31.5 Å². The smallest absolute Gasteiger partial charge is 0.226 e. The number of aryl methyl sites for hydroxylation is 2. The lowest BCUT2D eigenvalue weighted by molar-refractivity contribution is -0.142. The van der Waals surface area contributed by atoms with Crippen LogP contribution in [0.3, 0.4) is 0 Å². The molecule has 4 atom stereocenters. The van der Waals surface area contributed by atoms with Crippen LogP contribution in [0.25, 0.3) is 22.5 Å². The van der Waals surface area contributed by atoms with E-state index in [1.54, 1.807) is 51.1 Å². The monoisotopic (exact) mass is 897 g/mol. The molecule has 6 rings (SSSR count). The summed E-state index contributed by atoms with van der Waals surface area (Å²) in [4.78, 5) is 81.8. The first-order chi connectivity index (χ1) is 31.4. The summed E-state index contributed by atoms with van der Waals surface area (Å²) < 4.78 is 6.60. The van der Waals surface area contributed by atoms with Gasteiger partial charge in [-0.1, -0.05) is 64.1 Å². The van der Waals surface area contributed by atoms with Gasteiger partial charge in [-0.2, -0.15) is 5.26 Å². The number of carbonyl (C=O) groups excluding carboxylic acids is 5. The highest BCUT2D eigenvalue weighted by atomic mass is 16.5. The minimum absolute atomic E-state index is 0.0284. The lowest BCUT2D eigenvalue weighted by Crippen LogP contribution is -2.46. The van der Waals surface area contributed by atoms with Crippen LogP contribution in [-0.2, 0) is 31.0 Å². The third kappa shape index (κ3) is 11.6. The maximum absolute atomic E-state index is 14.8. The zero-order valence-corrected chi connectivity index (χ0v) is 39.2. The highest BCUT2D eigenvalue weighted by Crippen LogP contribution is 2.41. The number of benzene rings is 3. The van der Waals surface area contributed by atoms with E-state index < -0.39 is 41.5 Å². The van der Waals surface area contributed by atoms with Crippen molar-refractivity contribution >= 4 is 29.2 Å². The summed E-state index contributed by atoms with van der Waals surface area (Å²) in [7, 11) is 1.51. The number of carbonyl (C=O) groups is 5. The normalized spacial score (nSPS) is 18.6. The van der Waals surface area contributed by atoms with Gasteiger partial charge in [0.05, 0.1) is 29.1 Å². The number of Topliss-reactive ketones (excluding diaryl/α,β-unsaturated/α-hetero) is 3. The van der Waals surface area contributed by atoms with Crippen LogP contribution < -0.4 is 21.1 Å².